The van der Waals surface area contributed by atoms with E-state index in [1.165, 1.54) is 81.7 Å². The SMILES string of the molecule is c1cc(-c2cc3ccccc3o2)cc(-c2ccc(N(c3ccc(-c4cc5ccccc5c5ccccc45)cc3)c3ccc(-c4cc5ccccc5c5ccccc45)cc3)c3ccccc23)c1. The van der Waals surface area contributed by atoms with Crippen molar-refractivity contribution in [3.05, 3.63) is 249 Å². The van der Waals surface area contributed by atoms with Crippen LogP contribution in [0.2, 0.25) is 0 Å². The van der Waals surface area contributed by atoms with Gasteiger partial charge in [0.2, 0.25) is 0 Å². The summed E-state index contributed by atoms with van der Waals surface area (Å²) in [6.07, 6.45) is 0. The standard InChI is InChI=1S/C64H41NO/c1-4-19-51-45(14-1)39-60(57-24-8-6-21-54(51)57)42-28-32-49(33-29-42)65(50-34-30-43(31-35-50)61-40-46-15-2-5-20-52(46)55-22-7-9-25-58(55)61)62-37-36-53(56-23-10-11-26-59(56)62)44-17-13-18-47(38-44)64-41-48-16-3-12-27-63(48)66-64/h1-41H. The Balaban J connectivity index is 0.959. The predicted octanol–water partition coefficient (Wildman–Crippen LogP) is 18.3. The van der Waals surface area contributed by atoms with Gasteiger partial charge in [-0.15, -0.1) is 0 Å². The van der Waals surface area contributed by atoms with Crippen LogP contribution < -0.4 is 4.90 Å². The van der Waals surface area contributed by atoms with Gasteiger partial charge in [0, 0.05) is 27.7 Å². The van der Waals surface area contributed by atoms with Gasteiger partial charge in [-0.2, -0.15) is 0 Å². The van der Waals surface area contributed by atoms with Crippen LogP contribution in [0.15, 0.2) is 253 Å². The van der Waals surface area contributed by atoms with Crippen LogP contribution in [0.1, 0.15) is 0 Å². The van der Waals surface area contributed by atoms with E-state index >= 15 is 0 Å². The second-order valence-corrected chi connectivity index (χ2v) is 17.2. The molecule has 308 valence electrons. The molecule has 66 heavy (non-hydrogen) atoms. The summed E-state index contributed by atoms with van der Waals surface area (Å²) in [7, 11) is 0. The van der Waals surface area contributed by atoms with Crippen molar-refractivity contribution in [2.24, 2.45) is 0 Å². The Bertz CT molecular complexity index is 3800. The predicted molar refractivity (Wildman–Crippen MR) is 280 cm³/mol. The van der Waals surface area contributed by atoms with E-state index in [2.05, 4.69) is 241 Å². The van der Waals surface area contributed by atoms with Crippen LogP contribution in [0.5, 0.6) is 0 Å². The minimum absolute atomic E-state index is 0.866. The summed E-state index contributed by atoms with van der Waals surface area (Å²) in [5.74, 6) is 0.866. The molecule has 0 spiro atoms. The minimum atomic E-state index is 0.866. The van der Waals surface area contributed by atoms with Crippen molar-refractivity contribution in [2.75, 3.05) is 4.90 Å². The molecule has 12 aromatic carbocycles. The highest BCUT2D eigenvalue weighted by atomic mass is 16.3. The van der Waals surface area contributed by atoms with E-state index in [0.717, 1.165) is 44.9 Å². The van der Waals surface area contributed by atoms with Gasteiger partial charge >= 0.3 is 0 Å². The van der Waals surface area contributed by atoms with Gasteiger partial charge in [-0.3, -0.25) is 0 Å². The monoisotopic (exact) mass is 839 g/mol. The first kappa shape index (κ1) is 37.8. The topological polar surface area (TPSA) is 16.4 Å². The Hall–Kier alpha value is -8.72. The van der Waals surface area contributed by atoms with Gasteiger partial charge in [0.15, 0.2) is 0 Å². The quantitative estimate of drug-likeness (QED) is 0.149. The molecule has 0 N–H and O–H groups in total. The molecular formula is C64H41NO. The summed E-state index contributed by atoms with van der Waals surface area (Å²) in [5.41, 5.74) is 12.4. The fourth-order valence-electron chi connectivity index (χ4n) is 10.3. The average Bonchev–Trinajstić information content (AvgIpc) is 3.84. The van der Waals surface area contributed by atoms with Crippen molar-refractivity contribution in [1.82, 2.24) is 0 Å². The largest absolute Gasteiger partial charge is 0.456 e. The molecule has 0 bridgehead atoms. The third-order valence-electron chi connectivity index (χ3n) is 13.4. The number of furan rings is 1. The lowest BCUT2D eigenvalue weighted by molar-refractivity contribution is 0.631. The van der Waals surface area contributed by atoms with E-state index in [9.17, 15) is 0 Å². The molecular weight excluding hydrogens is 799 g/mol. The maximum Gasteiger partial charge on any atom is 0.135 e. The summed E-state index contributed by atoms with van der Waals surface area (Å²) < 4.78 is 6.33. The van der Waals surface area contributed by atoms with Crippen molar-refractivity contribution < 1.29 is 4.42 Å². The Morgan fingerprint density at radius 2 is 0.712 bits per heavy atom. The van der Waals surface area contributed by atoms with Gasteiger partial charge in [0.1, 0.15) is 11.3 Å². The van der Waals surface area contributed by atoms with Crippen LogP contribution in [0.4, 0.5) is 17.1 Å². The van der Waals surface area contributed by atoms with E-state index in [1.54, 1.807) is 0 Å². The van der Waals surface area contributed by atoms with Crippen LogP contribution in [-0.4, -0.2) is 0 Å². The molecule has 0 aliphatic carbocycles. The van der Waals surface area contributed by atoms with Gasteiger partial charge in [-0.1, -0.05) is 188 Å². The number of anilines is 3. The number of rotatable bonds is 7. The number of benzene rings is 12. The van der Waals surface area contributed by atoms with Gasteiger partial charge < -0.3 is 9.32 Å². The van der Waals surface area contributed by atoms with E-state index in [1.807, 2.05) is 12.1 Å². The smallest absolute Gasteiger partial charge is 0.135 e. The number of nitrogens with zero attached hydrogens (tertiary/aromatic N) is 1. The third-order valence-corrected chi connectivity index (χ3v) is 13.4. The molecule has 1 heterocycles. The highest BCUT2D eigenvalue weighted by Gasteiger charge is 2.20. The lowest BCUT2D eigenvalue weighted by Gasteiger charge is -2.28. The average molecular weight is 840 g/mol. The maximum atomic E-state index is 6.33. The van der Waals surface area contributed by atoms with Gasteiger partial charge in [-0.25, -0.2) is 0 Å². The molecule has 13 aromatic rings. The van der Waals surface area contributed by atoms with E-state index in [-0.39, 0.29) is 0 Å². The zero-order valence-electron chi connectivity index (χ0n) is 36.0. The molecule has 13 rings (SSSR count). The van der Waals surface area contributed by atoms with Crippen molar-refractivity contribution in [1.29, 1.82) is 0 Å². The number of fused-ring (bicyclic) bond motifs is 8. The Morgan fingerprint density at radius 3 is 1.27 bits per heavy atom. The molecule has 2 nitrogen and oxygen atoms in total. The fraction of sp³-hybridized carbons (Fsp3) is 0. The Morgan fingerprint density at radius 1 is 0.258 bits per heavy atom. The number of hydrogen-bond donors (Lipinski definition) is 0. The van der Waals surface area contributed by atoms with Crippen molar-refractivity contribution >= 4 is 81.9 Å². The van der Waals surface area contributed by atoms with Gasteiger partial charge in [-0.05, 0) is 143 Å². The summed E-state index contributed by atoms with van der Waals surface area (Å²) in [6.45, 7) is 0. The van der Waals surface area contributed by atoms with Crippen LogP contribution in [0.3, 0.4) is 0 Å². The second kappa shape index (κ2) is 15.5. The van der Waals surface area contributed by atoms with Crippen LogP contribution in [-0.2, 0) is 0 Å². The summed E-state index contributed by atoms with van der Waals surface area (Å²) in [5, 5.41) is 13.5. The number of para-hydroxylation sites is 1. The third kappa shape index (κ3) is 6.34. The lowest BCUT2D eigenvalue weighted by atomic mass is 9.92. The summed E-state index contributed by atoms with van der Waals surface area (Å²) in [4.78, 5) is 2.42. The molecule has 0 atom stereocenters. The lowest BCUT2D eigenvalue weighted by Crippen LogP contribution is -2.10. The molecule has 0 unspecified atom stereocenters. The van der Waals surface area contributed by atoms with Crippen molar-refractivity contribution in [2.45, 2.75) is 0 Å². The summed E-state index contributed by atoms with van der Waals surface area (Å²) >= 11 is 0. The van der Waals surface area contributed by atoms with Crippen LogP contribution in [0.25, 0.3) is 110 Å². The molecule has 0 aliphatic heterocycles. The Labute approximate surface area is 382 Å². The Kier molecular flexibility index (Phi) is 8.89. The first-order chi connectivity index (χ1) is 32.7. The molecule has 1 aromatic heterocycles. The number of hydrogen-bond acceptors (Lipinski definition) is 2. The second-order valence-electron chi connectivity index (χ2n) is 17.2. The van der Waals surface area contributed by atoms with E-state index in [4.69, 9.17) is 4.42 Å². The zero-order valence-corrected chi connectivity index (χ0v) is 36.0. The molecule has 2 heteroatoms. The van der Waals surface area contributed by atoms with Crippen LogP contribution in [0, 0.1) is 0 Å². The molecule has 0 fully saturated rings. The molecule has 0 radical (unpaired) electrons. The van der Waals surface area contributed by atoms with Crippen molar-refractivity contribution in [3.8, 4) is 44.7 Å². The summed E-state index contributed by atoms with van der Waals surface area (Å²) in [6, 6.07) is 90.3. The first-order valence-electron chi connectivity index (χ1n) is 22.7. The van der Waals surface area contributed by atoms with Crippen molar-refractivity contribution in [3.63, 3.8) is 0 Å². The fourth-order valence-corrected chi connectivity index (χ4v) is 10.3. The molecule has 0 aliphatic rings. The van der Waals surface area contributed by atoms with Gasteiger partial charge in [0.25, 0.3) is 0 Å². The van der Waals surface area contributed by atoms with E-state index in [0.29, 0.717) is 0 Å². The van der Waals surface area contributed by atoms with E-state index < -0.39 is 0 Å². The highest BCUT2D eigenvalue weighted by molar-refractivity contribution is 6.15. The van der Waals surface area contributed by atoms with Crippen LogP contribution >= 0.6 is 0 Å². The highest BCUT2D eigenvalue weighted by Crippen LogP contribution is 2.45. The maximum absolute atomic E-state index is 6.33. The molecule has 0 saturated heterocycles. The molecule has 0 saturated carbocycles. The molecule has 0 amide bonds. The van der Waals surface area contributed by atoms with Gasteiger partial charge in [0.05, 0.1) is 5.69 Å². The first-order valence-corrected chi connectivity index (χ1v) is 22.7. The minimum Gasteiger partial charge on any atom is -0.456 e. The normalized spacial score (nSPS) is 11.6. The zero-order chi connectivity index (χ0) is 43.6.